The van der Waals surface area contributed by atoms with E-state index in [9.17, 15) is 9.59 Å². The van der Waals surface area contributed by atoms with E-state index in [0.717, 1.165) is 36.1 Å². The van der Waals surface area contributed by atoms with E-state index in [1.165, 1.54) is 4.88 Å². The van der Waals surface area contributed by atoms with Gasteiger partial charge in [-0.05, 0) is 49.8 Å². The molecule has 0 aliphatic heterocycles. The molecule has 1 aromatic carbocycles. The first kappa shape index (κ1) is 18.2. The third-order valence-corrected chi connectivity index (χ3v) is 6.48. The molecule has 0 spiro atoms. The predicted molar refractivity (Wildman–Crippen MR) is 108 cm³/mol. The molecule has 140 valence electrons. The standard InChI is InChI=1S/C20H19ClN2O3S/c21-14-8-3-1-6-12(14)18-22-19-17(13-7-2-4-9-15(13)27-19)20(26)23(18)11-5-10-16(24)25/h1,3,6,8H,2,4-5,7,9-11H2,(H,24,25). The molecule has 2 heterocycles. The average molecular weight is 403 g/mol. The molecule has 0 saturated heterocycles. The number of hydrogen-bond donors (Lipinski definition) is 1. The highest BCUT2D eigenvalue weighted by Crippen LogP contribution is 2.35. The lowest BCUT2D eigenvalue weighted by atomic mass is 9.97. The summed E-state index contributed by atoms with van der Waals surface area (Å²) >= 11 is 7.98. The van der Waals surface area contributed by atoms with Crippen LogP contribution in [-0.4, -0.2) is 20.6 Å². The number of thiophene rings is 1. The number of nitrogens with zero attached hydrogens (tertiary/aromatic N) is 2. The van der Waals surface area contributed by atoms with Gasteiger partial charge in [0, 0.05) is 23.4 Å². The lowest BCUT2D eigenvalue weighted by Gasteiger charge is -2.14. The van der Waals surface area contributed by atoms with Crippen molar-refractivity contribution in [2.24, 2.45) is 0 Å². The van der Waals surface area contributed by atoms with Crippen LogP contribution < -0.4 is 5.56 Å². The minimum absolute atomic E-state index is 0.00812. The van der Waals surface area contributed by atoms with Crippen molar-refractivity contribution in [2.45, 2.75) is 45.1 Å². The van der Waals surface area contributed by atoms with E-state index < -0.39 is 5.97 Å². The highest BCUT2D eigenvalue weighted by atomic mass is 35.5. The maximum absolute atomic E-state index is 13.4. The summed E-state index contributed by atoms with van der Waals surface area (Å²) in [6.07, 6.45) is 4.51. The van der Waals surface area contributed by atoms with Crippen LogP contribution in [0.3, 0.4) is 0 Å². The Bertz CT molecular complexity index is 1090. The number of benzene rings is 1. The zero-order valence-electron chi connectivity index (χ0n) is 14.7. The molecular formula is C20H19ClN2O3S. The van der Waals surface area contributed by atoms with Gasteiger partial charge in [0.15, 0.2) is 0 Å². The summed E-state index contributed by atoms with van der Waals surface area (Å²) in [6.45, 7) is 0.305. The summed E-state index contributed by atoms with van der Waals surface area (Å²) in [5.41, 5.74) is 1.75. The predicted octanol–water partition coefficient (Wildman–Crippen LogP) is 4.52. The second kappa shape index (κ2) is 7.44. The fourth-order valence-electron chi connectivity index (χ4n) is 3.68. The number of carboxylic acid groups (broad SMARTS) is 1. The normalized spacial score (nSPS) is 13.7. The van der Waals surface area contributed by atoms with Crippen LogP contribution in [0.1, 0.15) is 36.1 Å². The maximum Gasteiger partial charge on any atom is 0.303 e. The fourth-order valence-corrected chi connectivity index (χ4v) is 5.15. The van der Waals surface area contributed by atoms with Gasteiger partial charge in [0.1, 0.15) is 10.7 Å². The Balaban J connectivity index is 1.93. The van der Waals surface area contributed by atoms with Crippen molar-refractivity contribution in [3.8, 4) is 11.4 Å². The van der Waals surface area contributed by atoms with Crippen LogP contribution in [-0.2, 0) is 24.2 Å². The van der Waals surface area contributed by atoms with Gasteiger partial charge in [0.2, 0.25) is 0 Å². The van der Waals surface area contributed by atoms with Gasteiger partial charge in [-0.2, -0.15) is 0 Å². The SMILES string of the molecule is O=C(O)CCCn1c(-c2ccccc2Cl)nc2sc3c(c2c1=O)CCCC3. The first-order chi connectivity index (χ1) is 13.1. The molecule has 0 unspecified atom stereocenters. The zero-order chi connectivity index (χ0) is 19.0. The largest absolute Gasteiger partial charge is 0.481 e. The molecular weight excluding hydrogens is 384 g/mol. The summed E-state index contributed by atoms with van der Waals surface area (Å²) in [7, 11) is 0. The minimum atomic E-state index is -0.871. The molecule has 1 aliphatic carbocycles. The number of carboxylic acids is 1. The van der Waals surface area contributed by atoms with Crippen molar-refractivity contribution in [1.82, 2.24) is 9.55 Å². The monoisotopic (exact) mass is 402 g/mol. The van der Waals surface area contributed by atoms with Crippen LogP contribution >= 0.6 is 22.9 Å². The van der Waals surface area contributed by atoms with Crippen molar-refractivity contribution in [3.63, 3.8) is 0 Å². The van der Waals surface area contributed by atoms with E-state index in [-0.39, 0.29) is 12.0 Å². The number of aliphatic carboxylic acids is 1. The maximum atomic E-state index is 13.4. The number of hydrogen-bond acceptors (Lipinski definition) is 4. The summed E-state index contributed by atoms with van der Waals surface area (Å²) in [5.74, 6) is -0.355. The van der Waals surface area contributed by atoms with Crippen LogP contribution in [0.25, 0.3) is 21.6 Å². The number of halogens is 1. The van der Waals surface area contributed by atoms with E-state index in [4.69, 9.17) is 21.7 Å². The van der Waals surface area contributed by atoms with Crippen molar-refractivity contribution >= 4 is 39.1 Å². The summed E-state index contributed by atoms with van der Waals surface area (Å²) in [4.78, 5) is 31.1. The van der Waals surface area contributed by atoms with Crippen LogP contribution in [0.15, 0.2) is 29.1 Å². The van der Waals surface area contributed by atoms with Crippen molar-refractivity contribution in [2.75, 3.05) is 0 Å². The van der Waals surface area contributed by atoms with E-state index >= 15 is 0 Å². The molecule has 0 bridgehead atoms. The van der Waals surface area contributed by atoms with Crippen LogP contribution in [0.2, 0.25) is 5.02 Å². The number of aryl methyl sites for hydroxylation is 2. The van der Waals surface area contributed by atoms with Gasteiger partial charge in [-0.3, -0.25) is 14.2 Å². The molecule has 0 saturated carbocycles. The van der Waals surface area contributed by atoms with Gasteiger partial charge >= 0.3 is 5.97 Å². The minimum Gasteiger partial charge on any atom is -0.481 e. The summed E-state index contributed by atoms with van der Waals surface area (Å²) in [6, 6.07) is 7.31. The van der Waals surface area contributed by atoms with Crippen LogP contribution in [0, 0.1) is 0 Å². The molecule has 5 nitrogen and oxygen atoms in total. The van der Waals surface area contributed by atoms with Crippen molar-refractivity contribution in [3.05, 3.63) is 50.1 Å². The first-order valence-electron chi connectivity index (χ1n) is 9.08. The molecule has 0 amide bonds. The molecule has 7 heteroatoms. The third-order valence-electron chi connectivity index (χ3n) is 4.96. The Hall–Kier alpha value is -2.18. The van der Waals surface area contributed by atoms with Gasteiger partial charge in [0.05, 0.1) is 10.4 Å². The van der Waals surface area contributed by atoms with Crippen molar-refractivity contribution < 1.29 is 9.90 Å². The first-order valence-corrected chi connectivity index (χ1v) is 10.3. The van der Waals surface area contributed by atoms with E-state index in [2.05, 4.69) is 0 Å². The van der Waals surface area contributed by atoms with E-state index in [1.807, 2.05) is 18.2 Å². The second-order valence-electron chi connectivity index (χ2n) is 6.76. The molecule has 1 N–H and O–H groups in total. The molecule has 2 aromatic heterocycles. The highest BCUT2D eigenvalue weighted by Gasteiger charge is 2.23. The molecule has 0 fully saturated rings. The number of aromatic nitrogens is 2. The molecule has 0 atom stereocenters. The number of fused-ring (bicyclic) bond motifs is 3. The lowest BCUT2D eigenvalue weighted by Crippen LogP contribution is -2.24. The quantitative estimate of drug-likeness (QED) is 0.680. The molecule has 4 rings (SSSR count). The second-order valence-corrected chi connectivity index (χ2v) is 8.25. The smallest absolute Gasteiger partial charge is 0.303 e. The Labute approximate surface area is 165 Å². The molecule has 1 aliphatic rings. The molecule has 0 radical (unpaired) electrons. The van der Waals surface area contributed by atoms with E-state index in [1.54, 1.807) is 22.0 Å². The van der Waals surface area contributed by atoms with Gasteiger partial charge in [-0.1, -0.05) is 23.7 Å². The Morgan fingerprint density at radius 2 is 2.04 bits per heavy atom. The summed E-state index contributed by atoms with van der Waals surface area (Å²) < 4.78 is 1.61. The van der Waals surface area contributed by atoms with Gasteiger partial charge < -0.3 is 5.11 Å². The fraction of sp³-hybridized carbons (Fsp3) is 0.350. The third kappa shape index (κ3) is 3.39. The average Bonchev–Trinajstić information content (AvgIpc) is 3.02. The Morgan fingerprint density at radius 3 is 2.81 bits per heavy atom. The van der Waals surface area contributed by atoms with Crippen molar-refractivity contribution in [1.29, 1.82) is 0 Å². The molecule has 3 aromatic rings. The topological polar surface area (TPSA) is 72.2 Å². The molecule has 27 heavy (non-hydrogen) atoms. The lowest BCUT2D eigenvalue weighted by molar-refractivity contribution is -0.137. The van der Waals surface area contributed by atoms with Crippen LogP contribution in [0.4, 0.5) is 0 Å². The van der Waals surface area contributed by atoms with E-state index in [0.29, 0.717) is 34.8 Å². The zero-order valence-corrected chi connectivity index (χ0v) is 16.3. The highest BCUT2D eigenvalue weighted by molar-refractivity contribution is 7.18. The number of rotatable bonds is 5. The summed E-state index contributed by atoms with van der Waals surface area (Å²) in [5, 5.41) is 10.2. The van der Waals surface area contributed by atoms with Gasteiger partial charge in [0.25, 0.3) is 5.56 Å². The number of carbonyl (C=O) groups is 1. The Morgan fingerprint density at radius 1 is 1.26 bits per heavy atom. The van der Waals surface area contributed by atoms with Crippen LogP contribution in [0.5, 0.6) is 0 Å². The Kier molecular flexibility index (Phi) is 5.02. The van der Waals surface area contributed by atoms with Gasteiger partial charge in [-0.15, -0.1) is 11.3 Å². The van der Waals surface area contributed by atoms with Gasteiger partial charge in [-0.25, -0.2) is 4.98 Å².